The van der Waals surface area contributed by atoms with Crippen LogP contribution < -0.4 is 5.69 Å². The van der Waals surface area contributed by atoms with Gasteiger partial charge < -0.3 is 0 Å². The molecule has 0 fully saturated rings. The van der Waals surface area contributed by atoms with Crippen molar-refractivity contribution < 1.29 is 0 Å². The van der Waals surface area contributed by atoms with Crippen LogP contribution in [0.4, 0.5) is 0 Å². The highest BCUT2D eigenvalue weighted by molar-refractivity contribution is 7.98. The van der Waals surface area contributed by atoms with E-state index in [0.717, 1.165) is 35.6 Å². The Morgan fingerprint density at radius 1 is 1.00 bits per heavy atom. The van der Waals surface area contributed by atoms with E-state index >= 15 is 0 Å². The second-order valence-electron chi connectivity index (χ2n) is 6.82. The summed E-state index contributed by atoms with van der Waals surface area (Å²) < 4.78 is 1.87. The lowest BCUT2D eigenvalue weighted by atomic mass is 10.2. The van der Waals surface area contributed by atoms with Crippen LogP contribution >= 0.6 is 11.8 Å². The number of aromatic nitrogens is 2. The van der Waals surface area contributed by atoms with Crippen LogP contribution in [0.15, 0.2) is 64.4 Å². The molecule has 4 rings (SSSR count). The van der Waals surface area contributed by atoms with E-state index in [1.54, 1.807) is 11.8 Å². The molecule has 0 atom stereocenters. The lowest BCUT2D eigenvalue weighted by molar-refractivity contribution is 0.667. The first kappa shape index (κ1) is 17.1. The molecule has 26 heavy (non-hydrogen) atoms. The average molecular weight is 362 g/mol. The molecule has 0 saturated carbocycles. The predicted molar refractivity (Wildman–Crippen MR) is 107 cm³/mol. The second-order valence-corrected chi connectivity index (χ2v) is 7.79. The van der Waals surface area contributed by atoms with E-state index in [0.29, 0.717) is 6.54 Å². The van der Waals surface area contributed by atoms with E-state index in [4.69, 9.17) is 0 Å². The van der Waals surface area contributed by atoms with E-state index in [2.05, 4.69) is 48.3 Å². The molecule has 1 aromatic heterocycles. The third-order valence-electron chi connectivity index (χ3n) is 4.88. The van der Waals surface area contributed by atoms with Gasteiger partial charge in [-0.3, -0.25) is 4.57 Å². The van der Waals surface area contributed by atoms with Crippen molar-refractivity contribution in [3.05, 3.63) is 93.0 Å². The fourth-order valence-electron chi connectivity index (χ4n) is 3.47. The Bertz CT molecular complexity index is 962. The van der Waals surface area contributed by atoms with Gasteiger partial charge in [0.2, 0.25) is 0 Å². The molecular formula is C22H22N2OS. The van der Waals surface area contributed by atoms with E-state index in [9.17, 15) is 4.79 Å². The van der Waals surface area contributed by atoms with Crippen molar-refractivity contribution in [2.45, 2.75) is 43.5 Å². The normalized spacial score (nSPS) is 13.0. The van der Waals surface area contributed by atoms with Gasteiger partial charge in [0.15, 0.2) is 0 Å². The number of nitrogens with zero attached hydrogens (tertiary/aromatic N) is 2. The molecule has 0 aliphatic heterocycles. The number of thioether (sulfide) groups is 1. The minimum Gasteiger partial charge on any atom is -0.292 e. The molecule has 0 amide bonds. The molecule has 2 aromatic carbocycles. The fraction of sp³-hybridized carbons (Fsp3) is 0.273. The smallest absolute Gasteiger partial charge is 0.292 e. The summed E-state index contributed by atoms with van der Waals surface area (Å²) in [5, 5.41) is 0.924. The average Bonchev–Trinajstić information content (AvgIpc) is 3.15. The van der Waals surface area contributed by atoms with E-state index in [1.165, 1.54) is 22.4 Å². The molecule has 132 valence electrons. The third kappa shape index (κ3) is 3.61. The van der Waals surface area contributed by atoms with Crippen molar-refractivity contribution in [2.24, 2.45) is 0 Å². The van der Waals surface area contributed by atoms with Gasteiger partial charge in [-0.25, -0.2) is 4.79 Å². The molecule has 0 spiro atoms. The molecule has 0 N–H and O–H groups in total. The largest absolute Gasteiger partial charge is 0.349 e. The quantitative estimate of drug-likeness (QED) is 0.499. The lowest BCUT2D eigenvalue weighted by Gasteiger charge is -2.14. The third-order valence-corrected chi connectivity index (χ3v) is 5.97. The lowest BCUT2D eigenvalue weighted by Crippen LogP contribution is -2.27. The Hall–Kier alpha value is -2.33. The Labute approximate surface area is 158 Å². The van der Waals surface area contributed by atoms with Crippen LogP contribution in [0.25, 0.3) is 0 Å². The van der Waals surface area contributed by atoms with E-state index < -0.39 is 0 Å². The SMILES string of the molecule is Cc1ccc(CSc2nc(=O)n(Cc3ccccc3)c3c2CCC3)cc1. The number of fused-ring (bicyclic) bond motifs is 1. The molecule has 1 aliphatic carbocycles. The zero-order chi connectivity index (χ0) is 17.9. The standard InChI is InChI=1S/C22H22N2OS/c1-16-10-12-18(13-11-16)15-26-21-19-8-5-9-20(19)24(22(25)23-21)14-17-6-3-2-4-7-17/h2-4,6-7,10-13H,5,8-9,14-15H2,1H3. The van der Waals surface area contributed by atoms with Crippen LogP contribution in [0, 0.1) is 6.92 Å². The molecular weight excluding hydrogens is 340 g/mol. The van der Waals surface area contributed by atoms with Crippen molar-refractivity contribution >= 4 is 11.8 Å². The molecule has 0 radical (unpaired) electrons. The molecule has 0 saturated heterocycles. The van der Waals surface area contributed by atoms with Crippen LogP contribution in [0.5, 0.6) is 0 Å². The van der Waals surface area contributed by atoms with Crippen LogP contribution in [-0.4, -0.2) is 9.55 Å². The molecule has 3 nitrogen and oxygen atoms in total. The molecule has 1 aliphatic rings. The monoisotopic (exact) mass is 362 g/mol. The number of hydrogen-bond donors (Lipinski definition) is 0. The zero-order valence-corrected chi connectivity index (χ0v) is 15.8. The van der Waals surface area contributed by atoms with Gasteiger partial charge in [0.25, 0.3) is 0 Å². The molecule has 3 aromatic rings. The maximum atomic E-state index is 12.7. The van der Waals surface area contributed by atoms with Gasteiger partial charge in [-0.15, -0.1) is 11.8 Å². The molecule has 0 bridgehead atoms. The van der Waals surface area contributed by atoms with Gasteiger partial charge in [-0.2, -0.15) is 4.98 Å². The van der Waals surface area contributed by atoms with Gasteiger partial charge in [0.05, 0.1) is 6.54 Å². The van der Waals surface area contributed by atoms with E-state index in [-0.39, 0.29) is 5.69 Å². The van der Waals surface area contributed by atoms with Gasteiger partial charge in [0.1, 0.15) is 5.03 Å². The highest BCUT2D eigenvalue weighted by Crippen LogP contribution is 2.31. The number of hydrogen-bond acceptors (Lipinski definition) is 3. The first-order valence-electron chi connectivity index (χ1n) is 9.05. The Kier molecular flexibility index (Phi) is 4.93. The summed E-state index contributed by atoms with van der Waals surface area (Å²) in [6, 6.07) is 18.7. The molecule has 0 unspecified atom stereocenters. The van der Waals surface area contributed by atoms with Crippen molar-refractivity contribution in [1.29, 1.82) is 0 Å². The second kappa shape index (κ2) is 7.50. The zero-order valence-electron chi connectivity index (χ0n) is 14.9. The minimum atomic E-state index is -0.124. The molecule has 4 heteroatoms. The van der Waals surface area contributed by atoms with Gasteiger partial charge in [0, 0.05) is 17.0 Å². The number of aryl methyl sites for hydroxylation is 1. The summed E-state index contributed by atoms with van der Waals surface area (Å²) in [6.45, 7) is 2.70. The summed E-state index contributed by atoms with van der Waals surface area (Å²) >= 11 is 1.69. The minimum absolute atomic E-state index is 0.124. The Balaban J connectivity index is 1.61. The van der Waals surface area contributed by atoms with Crippen molar-refractivity contribution in [1.82, 2.24) is 9.55 Å². The fourth-order valence-corrected chi connectivity index (χ4v) is 4.50. The summed E-state index contributed by atoms with van der Waals surface area (Å²) in [5.74, 6) is 0.849. The van der Waals surface area contributed by atoms with Crippen LogP contribution in [0.3, 0.4) is 0 Å². The highest BCUT2D eigenvalue weighted by atomic mass is 32.2. The molecule has 1 heterocycles. The highest BCUT2D eigenvalue weighted by Gasteiger charge is 2.22. The summed E-state index contributed by atoms with van der Waals surface area (Å²) in [7, 11) is 0. The maximum Gasteiger partial charge on any atom is 0.349 e. The predicted octanol–water partition coefficient (Wildman–Crippen LogP) is 4.38. The van der Waals surface area contributed by atoms with Crippen LogP contribution in [0.1, 0.15) is 34.4 Å². The van der Waals surface area contributed by atoms with Crippen molar-refractivity contribution in [3.63, 3.8) is 0 Å². The van der Waals surface area contributed by atoms with Gasteiger partial charge in [-0.05, 0) is 37.3 Å². The number of benzene rings is 2. The Morgan fingerprint density at radius 2 is 1.77 bits per heavy atom. The first-order chi connectivity index (χ1) is 12.7. The topological polar surface area (TPSA) is 34.9 Å². The Morgan fingerprint density at radius 3 is 2.54 bits per heavy atom. The first-order valence-corrected chi connectivity index (χ1v) is 10.0. The van der Waals surface area contributed by atoms with E-state index in [1.807, 2.05) is 22.8 Å². The number of rotatable bonds is 5. The van der Waals surface area contributed by atoms with Crippen LogP contribution in [-0.2, 0) is 25.1 Å². The van der Waals surface area contributed by atoms with Crippen molar-refractivity contribution in [3.8, 4) is 0 Å². The maximum absolute atomic E-state index is 12.7. The van der Waals surface area contributed by atoms with Crippen molar-refractivity contribution in [2.75, 3.05) is 0 Å². The summed E-state index contributed by atoms with van der Waals surface area (Å²) in [4.78, 5) is 17.1. The van der Waals surface area contributed by atoms with Crippen LogP contribution in [0.2, 0.25) is 0 Å². The van der Waals surface area contributed by atoms with Gasteiger partial charge >= 0.3 is 5.69 Å². The summed E-state index contributed by atoms with van der Waals surface area (Å²) in [5.41, 5.74) is 6.01. The summed E-state index contributed by atoms with van der Waals surface area (Å²) in [6.07, 6.45) is 3.10. The van der Waals surface area contributed by atoms with Gasteiger partial charge in [-0.1, -0.05) is 60.2 Å².